The van der Waals surface area contributed by atoms with Gasteiger partial charge in [-0.3, -0.25) is 9.59 Å². The highest BCUT2D eigenvalue weighted by Gasteiger charge is 2.33. The van der Waals surface area contributed by atoms with E-state index in [1.807, 2.05) is 44.2 Å². The fourth-order valence-corrected chi connectivity index (χ4v) is 3.23. The number of ketones is 1. The summed E-state index contributed by atoms with van der Waals surface area (Å²) in [5, 5.41) is 2.95. The zero-order valence-corrected chi connectivity index (χ0v) is 14.6. The summed E-state index contributed by atoms with van der Waals surface area (Å²) in [5.41, 5.74) is 1.38. The van der Waals surface area contributed by atoms with Crippen molar-refractivity contribution in [3.8, 4) is 0 Å². The van der Waals surface area contributed by atoms with Crippen LogP contribution in [0, 0.1) is 5.92 Å². The highest BCUT2D eigenvalue weighted by atomic mass is 16.5. The monoisotopic (exact) mass is 337 g/mol. The Kier molecular flexibility index (Phi) is 5.00. The molecule has 0 saturated carbocycles. The molecular weight excluding hydrogens is 314 g/mol. The molecule has 1 aliphatic rings. The van der Waals surface area contributed by atoms with Crippen LogP contribution in [0.25, 0.3) is 0 Å². The van der Waals surface area contributed by atoms with E-state index >= 15 is 0 Å². The highest BCUT2D eigenvalue weighted by molar-refractivity contribution is 6.13. The van der Waals surface area contributed by atoms with Gasteiger partial charge < -0.3 is 10.1 Å². The summed E-state index contributed by atoms with van der Waals surface area (Å²) in [6.07, 6.45) is 1.37. The molecule has 0 aliphatic carbocycles. The first-order valence-electron chi connectivity index (χ1n) is 8.60. The van der Waals surface area contributed by atoms with Gasteiger partial charge in [0.25, 0.3) is 0 Å². The SMILES string of the molecule is CC1(C)CC(C(=O)Nc2ccccc2C(=O)c2ccccc2)CCO1. The first-order chi connectivity index (χ1) is 12.0. The van der Waals surface area contributed by atoms with Crippen molar-refractivity contribution in [1.82, 2.24) is 0 Å². The Morgan fingerprint density at radius 1 is 1.04 bits per heavy atom. The number of hydrogen-bond donors (Lipinski definition) is 1. The molecule has 0 spiro atoms. The van der Waals surface area contributed by atoms with Crippen LogP contribution >= 0.6 is 0 Å². The average molecular weight is 337 g/mol. The fraction of sp³-hybridized carbons (Fsp3) is 0.333. The van der Waals surface area contributed by atoms with Gasteiger partial charge in [-0.25, -0.2) is 0 Å². The van der Waals surface area contributed by atoms with E-state index < -0.39 is 0 Å². The van der Waals surface area contributed by atoms with Gasteiger partial charge in [0.15, 0.2) is 5.78 Å². The summed E-state index contributed by atoms with van der Waals surface area (Å²) in [5.74, 6) is -0.253. The van der Waals surface area contributed by atoms with Gasteiger partial charge in [0.05, 0.1) is 11.3 Å². The molecule has 1 aliphatic heterocycles. The zero-order valence-electron chi connectivity index (χ0n) is 14.6. The number of nitrogens with one attached hydrogen (secondary N) is 1. The lowest BCUT2D eigenvalue weighted by Crippen LogP contribution is -2.39. The number of ether oxygens (including phenoxy) is 1. The van der Waals surface area contributed by atoms with E-state index in [-0.39, 0.29) is 23.2 Å². The standard InChI is InChI=1S/C21H23NO3/c1-21(2)14-16(12-13-25-21)20(24)22-18-11-7-6-10-17(18)19(23)15-8-4-3-5-9-15/h3-11,16H,12-14H2,1-2H3,(H,22,24). The van der Waals surface area contributed by atoms with Crippen LogP contribution in [-0.4, -0.2) is 23.9 Å². The van der Waals surface area contributed by atoms with Crippen molar-refractivity contribution in [1.29, 1.82) is 0 Å². The molecule has 0 aromatic heterocycles. The number of benzene rings is 2. The van der Waals surface area contributed by atoms with Crippen molar-refractivity contribution >= 4 is 17.4 Å². The minimum atomic E-state index is -0.292. The molecule has 130 valence electrons. The number of carbonyl (C=O) groups is 2. The van der Waals surface area contributed by atoms with Crippen molar-refractivity contribution in [3.63, 3.8) is 0 Å². The maximum Gasteiger partial charge on any atom is 0.227 e. The largest absolute Gasteiger partial charge is 0.376 e. The van der Waals surface area contributed by atoms with Crippen LogP contribution in [0.2, 0.25) is 0 Å². The molecule has 1 heterocycles. The molecule has 1 unspecified atom stereocenters. The minimum absolute atomic E-state index is 0.0512. The van der Waals surface area contributed by atoms with Gasteiger partial charge in [0.2, 0.25) is 5.91 Å². The van der Waals surface area contributed by atoms with E-state index in [4.69, 9.17) is 4.74 Å². The van der Waals surface area contributed by atoms with Gasteiger partial charge in [-0.15, -0.1) is 0 Å². The van der Waals surface area contributed by atoms with E-state index in [0.717, 1.165) is 0 Å². The van der Waals surface area contributed by atoms with Crippen molar-refractivity contribution in [2.24, 2.45) is 5.92 Å². The number of rotatable bonds is 4. The molecule has 3 rings (SSSR count). The van der Waals surface area contributed by atoms with Crippen LogP contribution in [0.1, 0.15) is 42.6 Å². The molecule has 1 atom stereocenters. The summed E-state index contributed by atoms with van der Waals surface area (Å²) >= 11 is 0. The van der Waals surface area contributed by atoms with Crippen molar-refractivity contribution < 1.29 is 14.3 Å². The normalized spacial score (nSPS) is 19.2. The van der Waals surface area contributed by atoms with E-state index in [1.165, 1.54) is 0 Å². The van der Waals surface area contributed by atoms with Crippen LogP contribution in [0.3, 0.4) is 0 Å². The van der Waals surface area contributed by atoms with E-state index in [9.17, 15) is 9.59 Å². The van der Waals surface area contributed by atoms with Crippen molar-refractivity contribution in [3.05, 3.63) is 65.7 Å². The molecule has 1 amide bonds. The van der Waals surface area contributed by atoms with Crippen molar-refractivity contribution in [2.45, 2.75) is 32.3 Å². The van der Waals surface area contributed by atoms with Crippen LogP contribution in [0.15, 0.2) is 54.6 Å². The van der Waals surface area contributed by atoms with Crippen LogP contribution in [-0.2, 0) is 9.53 Å². The van der Waals surface area contributed by atoms with E-state index in [1.54, 1.807) is 24.3 Å². The van der Waals surface area contributed by atoms with Crippen molar-refractivity contribution in [2.75, 3.05) is 11.9 Å². The van der Waals surface area contributed by atoms with Gasteiger partial charge in [-0.1, -0.05) is 42.5 Å². The number of anilines is 1. The summed E-state index contributed by atoms with van der Waals surface area (Å²) in [7, 11) is 0. The van der Waals surface area contributed by atoms with Gasteiger partial charge >= 0.3 is 0 Å². The first kappa shape index (κ1) is 17.4. The highest BCUT2D eigenvalue weighted by Crippen LogP contribution is 2.30. The molecule has 4 heteroatoms. The second kappa shape index (κ2) is 7.19. The topological polar surface area (TPSA) is 55.4 Å². The third kappa shape index (κ3) is 4.15. The molecule has 4 nitrogen and oxygen atoms in total. The predicted octanol–water partition coefficient (Wildman–Crippen LogP) is 4.06. The number of carbonyl (C=O) groups excluding carboxylic acids is 2. The Hall–Kier alpha value is -2.46. The predicted molar refractivity (Wildman–Crippen MR) is 97.7 cm³/mol. The summed E-state index contributed by atoms with van der Waals surface area (Å²) in [6, 6.07) is 16.3. The smallest absolute Gasteiger partial charge is 0.227 e. The van der Waals surface area contributed by atoms with Crippen LogP contribution in [0.4, 0.5) is 5.69 Å². The lowest BCUT2D eigenvalue weighted by Gasteiger charge is -2.34. The molecule has 1 fully saturated rings. The summed E-state index contributed by atoms with van der Waals surface area (Å²) < 4.78 is 5.68. The maximum atomic E-state index is 12.8. The first-order valence-corrected chi connectivity index (χ1v) is 8.60. The Balaban J connectivity index is 1.79. The Labute approximate surface area is 148 Å². The third-order valence-corrected chi connectivity index (χ3v) is 4.53. The molecule has 0 bridgehead atoms. The number of amides is 1. The summed E-state index contributed by atoms with van der Waals surface area (Å²) in [6.45, 7) is 4.58. The van der Waals surface area contributed by atoms with E-state index in [2.05, 4.69) is 5.32 Å². The second-order valence-corrected chi connectivity index (χ2v) is 7.03. The summed E-state index contributed by atoms with van der Waals surface area (Å²) in [4.78, 5) is 25.4. The fourth-order valence-electron chi connectivity index (χ4n) is 3.23. The molecule has 1 N–H and O–H groups in total. The molecule has 1 saturated heterocycles. The Bertz CT molecular complexity index is 768. The zero-order chi connectivity index (χ0) is 17.9. The quantitative estimate of drug-likeness (QED) is 0.856. The van der Waals surface area contributed by atoms with Gasteiger partial charge in [0, 0.05) is 23.7 Å². The lowest BCUT2D eigenvalue weighted by atomic mass is 9.87. The van der Waals surface area contributed by atoms with Crippen LogP contribution in [0.5, 0.6) is 0 Å². The lowest BCUT2D eigenvalue weighted by molar-refractivity contribution is -0.130. The number of para-hydroxylation sites is 1. The molecule has 2 aromatic rings. The van der Waals surface area contributed by atoms with Crippen LogP contribution < -0.4 is 5.32 Å². The third-order valence-electron chi connectivity index (χ3n) is 4.53. The Morgan fingerprint density at radius 3 is 2.44 bits per heavy atom. The molecule has 25 heavy (non-hydrogen) atoms. The van der Waals surface area contributed by atoms with E-state index in [0.29, 0.717) is 36.3 Å². The molecule has 2 aromatic carbocycles. The number of hydrogen-bond acceptors (Lipinski definition) is 3. The second-order valence-electron chi connectivity index (χ2n) is 7.03. The van der Waals surface area contributed by atoms with Gasteiger partial charge in [-0.2, -0.15) is 0 Å². The molecule has 0 radical (unpaired) electrons. The Morgan fingerprint density at radius 2 is 1.72 bits per heavy atom. The average Bonchev–Trinajstić information content (AvgIpc) is 2.61. The maximum absolute atomic E-state index is 12.8. The minimum Gasteiger partial charge on any atom is -0.376 e. The van der Waals surface area contributed by atoms with Gasteiger partial charge in [0.1, 0.15) is 0 Å². The molecular formula is C21H23NO3. The van der Waals surface area contributed by atoms with Gasteiger partial charge in [-0.05, 0) is 38.8 Å².